The molecule has 2 saturated heterocycles. The summed E-state index contributed by atoms with van der Waals surface area (Å²) in [6, 6.07) is 0.765. The van der Waals surface area contributed by atoms with Gasteiger partial charge in [-0.05, 0) is 44.7 Å². The van der Waals surface area contributed by atoms with Crippen molar-refractivity contribution in [2.75, 3.05) is 39.4 Å². The number of hydrogen-bond donors (Lipinski definition) is 1. The molecular formula is C13H26N2O. The van der Waals surface area contributed by atoms with Crippen molar-refractivity contribution in [3.8, 4) is 0 Å². The highest BCUT2D eigenvalue weighted by Gasteiger charge is 2.23. The number of rotatable bonds is 4. The number of piperidine rings is 1. The van der Waals surface area contributed by atoms with Crippen LogP contribution in [0.25, 0.3) is 0 Å². The molecule has 2 rings (SSSR count). The third-order valence-electron chi connectivity index (χ3n) is 3.94. The maximum atomic E-state index is 5.57. The molecule has 0 aromatic carbocycles. The second kappa shape index (κ2) is 6.58. The largest absolute Gasteiger partial charge is 0.381 e. The molecule has 2 unspecified atom stereocenters. The smallest absolute Gasteiger partial charge is 0.0506 e. The van der Waals surface area contributed by atoms with Crippen LogP contribution in [0.5, 0.6) is 0 Å². The lowest BCUT2D eigenvalue weighted by Gasteiger charge is -2.37. The van der Waals surface area contributed by atoms with Gasteiger partial charge >= 0.3 is 0 Å². The summed E-state index contributed by atoms with van der Waals surface area (Å²) >= 11 is 0. The Kier molecular flexibility index (Phi) is 5.07. The molecule has 16 heavy (non-hydrogen) atoms. The normalized spacial score (nSPS) is 31.9. The fourth-order valence-electron chi connectivity index (χ4n) is 2.96. The van der Waals surface area contributed by atoms with Gasteiger partial charge in [0.1, 0.15) is 0 Å². The molecule has 0 aliphatic carbocycles. The van der Waals surface area contributed by atoms with E-state index in [0.29, 0.717) is 0 Å². The van der Waals surface area contributed by atoms with Crippen LogP contribution in [0.2, 0.25) is 0 Å². The Labute approximate surface area is 99.5 Å². The first kappa shape index (κ1) is 12.3. The molecular weight excluding hydrogens is 200 g/mol. The Balaban J connectivity index is 1.78. The second-order valence-corrected chi connectivity index (χ2v) is 5.17. The molecule has 2 aliphatic rings. The molecule has 3 nitrogen and oxygen atoms in total. The van der Waals surface area contributed by atoms with Crippen molar-refractivity contribution >= 4 is 0 Å². The molecule has 94 valence electrons. The molecule has 0 aromatic rings. The third kappa shape index (κ3) is 3.44. The Bertz CT molecular complexity index is 186. The summed E-state index contributed by atoms with van der Waals surface area (Å²) < 4.78 is 5.57. The summed E-state index contributed by atoms with van der Waals surface area (Å²) in [5.41, 5.74) is 0. The van der Waals surface area contributed by atoms with Gasteiger partial charge in [-0.25, -0.2) is 0 Å². The first-order valence-corrected chi connectivity index (χ1v) is 6.92. The average molecular weight is 226 g/mol. The van der Waals surface area contributed by atoms with Gasteiger partial charge in [0.15, 0.2) is 0 Å². The minimum absolute atomic E-state index is 0.765. The lowest BCUT2D eigenvalue weighted by atomic mass is 9.99. The Morgan fingerprint density at radius 1 is 1.31 bits per heavy atom. The molecule has 0 radical (unpaired) electrons. The lowest BCUT2D eigenvalue weighted by Crippen LogP contribution is -2.48. The minimum Gasteiger partial charge on any atom is -0.381 e. The minimum atomic E-state index is 0.765. The zero-order valence-corrected chi connectivity index (χ0v) is 10.6. The van der Waals surface area contributed by atoms with Crippen molar-refractivity contribution in [1.29, 1.82) is 0 Å². The van der Waals surface area contributed by atoms with Crippen LogP contribution in [0.3, 0.4) is 0 Å². The van der Waals surface area contributed by atoms with Crippen LogP contribution in [0.4, 0.5) is 0 Å². The number of nitrogens with one attached hydrogen (secondary N) is 1. The highest BCUT2D eigenvalue weighted by atomic mass is 16.5. The van der Waals surface area contributed by atoms with Gasteiger partial charge in [-0.1, -0.05) is 6.92 Å². The Morgan fingerprint density at radius 2 is 2.25 bits per heavy atom. The van der Waals surface area contributed by atoms with Gasteiger partial charge in [-0.15, -0.1) is 0 Å². The van der Waals surface area contributed by atoms with Crippen LogP contribution in [0.1, 0.15) is 32.6 Å². The summed E-state index contributed by atoms with van der Waals surface area (Å²) in [4.78, 5) is 2.66. The topological polar surface area (TPSA) is 24.5 Å². The predicted octanol–water partition coefficient (Wildman–Crippen LogP) is 1.49. The summed E-state index contributed by atoms with van der Waals surface area (Å²) in [5.74, 6) is 0.774. The van der Waals surface area contributed by atoms with Crippen LogP contribution < -0.4 is 5.32 Å². The molecule has 2 atom stereocenters. The first-order valence-electron chi connectivity index (χ1n) is 6.92. The molecule has 0 amide bonds. The van der Waals surface area contributed by atoms with E-state index in [9.17, 15) is 0 Å². The van der Waals surface area contributed by atoms with E-state index >= 15 is 0 Å². The van der Waals surface area contributed by atoms with Crippen molar-refractivity contribution in [1.82, 2.24) is 10.2 Å². The number of likely N-dealkylation sites (N-methyl/N-ethyl adjacent to an activating group) is 1. The maximum absolute atomic E-state index is 5.57. The molecule has 0 bridgehead atoms. The summed E-state index contributed by atoms with van der Waals surface area (Å²) in [5, 5.41) is 3.51. The first-order chi connectivity index (χ1) is 7.90. The molecule has 2 heterocycles. The quantitative estimate of drug-likeness (QED) is 0.786. The van der Waals surface area contributed by atoms with Crippen LogP contribution in [-0.2, 0) is 4.74 Å². The van der Waals surface area contributed by atoms with E-state index in [4.69, 9.17) is 4.74 Å². The molecule has 2 aliphatic heterocycles. The van der Waals surface area contributed by atoms with Gasteiger partial charge in [0.25, 0.3) is 0 Å². The van der Waals surface area contributed by atoms with Crippen molar-refractivity contribution in [3.63, 3.8) is 0 Å². The molecule has 1 N–H and O–H groups in total. The van der Waals surface area contributed by atoms with E-state index in [0.717, 1.165) is 25.2 Å². The van der Waals surface area contributed by atoms with Gasteiger partial charge in [0.2, 0.25) is 0 Å². The van der Waals surface area contributed by atoms with E-state index in [1.165, 1.54) is 51.9 Å². The summed E-state index contributed by atoms with van der Waals surface area (Å²) in [6.45, 7) is 9.07. The van der Waals surface area contributed by atoms with Gasteiger partial charge in [0, 0.05) is 25.7 Å². The highest BCUT2D eigenvalue weighted by molar-refractivity contribution is 4.80. The zero-order valence-electron chi connectivity index (χ0n) is 10.6. The van der Waals surface area contributed by atoms with Crippen LogP contribution in [0, 0.1) is 5.92 Å². The average Bonchev–Trinajstić information content (AvgIpc) is 2.38. The van der Waals surface area contributed by atoms with E-state index in [1.807, 2.05) is 0 Å². The zero-order chi connectivity index (χ0) is 11.2. The number of ether oxygens (including phenoxy) is 1. The fraction of sp³-hybridized carbons (Fsp3) is 1.00. The van der Waals surface area contributed by atoms with E-state index < -0.39 is 0 Å². The number of hydrogen-bond acceptors (Lipinski definition) is 3. The van der Waals surface area contributed by atoms with Gasteiger partial charge in [-0.2, -0.15) is 0 Å². The monoisotopic (exact) mass is 226 g/mol. The molecule has 3 heteroatoms. The van der Waals surface area contributed by atoms with Gasteiger partial charge < -0.3 is 10.1 Å². The second-order valence-electron chi connectivity index (χ2n) is 5.17. The predicted molar refractivity (Wildman–Crippen MR) is 66.7 cm³/mol. The lowest BCUT2D eigenvalue weighted by molar-refractivity contribution is 0.0295. The van der Waals surface area contributed by atoms with E-state index in [-0.39, 0.29) is 0 Å². The van der Waals surface area contributed by atoms with Crippen molar-refractivity contribution in [2.45, 2.75) is 38.6 Å². The fourth-order valence-corrected chi connectivity index (χ4v) is 2.96. The van der Waals surface area contributed by atoms with E-state index in [2.05, 4.69) is 17.1 Å². The number of nitrogens with zero attached hydrogens (tertiary/aromatic N) is 1. The van der Waals surface area contributed by atoms with Crippen LogP contribution in [-0.4, -0.2) is 50.3 Å². The summed E-state index contributed by atoms with van der Waals surface area (Å²) in [7, 11) is 0. The molecule has 0 saturated carbocycles. The Morgan fingerprint density at radius 3 is 2.88 bits per heavy atom. The van der Waals surface area contributed by atoms with Crippen LogP contribution in [0.15, 0.2) is 0 Å². The van der Waals surface area contributed by atoms with Crippen molar-refractivity contribution in [2.24, 2.45) is 5.92 Å². The van der Waals surface area contributed by atoms with Crippen LogP contribution >= 0.6 is 0 Å². The highest BCUT2D eigenvalue weighted by Crippen LogP contribution is 2.18. The maximum Gasteiger partial charge on any atom is 0.0506 e. The standard InChI is InChI=1S/C13H26N2O/c1-2-15(13-6-3-7-14-9-13)10-12-5-4-8-16-11-12/h12-14H,2-11H2,1H3. The SMILES string of the molecule is CCN(CC1CCCOC1)C1CCCNC1. The van der Waals surface area contributed by atoms with Crippen molar-refractivity contribution < 1.29 is 4.74 Å². The molecule has 0 aromatic heterocycles. The summed E-state index contributed by atoms with van der Waals surface area (Å²) in [6.07, 6.45) is 5.32. The third-order valence-corrected chi connectivity index (χ3v) is 3.94. The molecule has 0 spiro atoms. The van der Waals surface area contributed by atoms with Gasteiger partial charge in [0.05, 0.1) is 6.61 Å². The van der Waals surface area contributed by atoms with E-state index in [1.54, 1.807) is 0 Å². The van der Waals surface area contributed by atoms with Gasteiger partial charge in [-0.3, -0.25) is 4.90 Å². The Hall–Kier alpha value is -0.120. The molecule has 2 fully saturated rings. The van der Waals surface area contributed by atoms with Crippen molar-refractivity contribution in [3.05, 3.63) is 0 Å².